The van der Waals surface area contributed by atoms with Gasteiger partial charge in [0.1, 0.15) is 0 Å². The van der Waals surface area contributed by atoms with Crippen LogP contribution in [0.1, 0.15) is 30.9 Å². The summed E-state index contributed by atoms with van der Waals surface area (Å²) in [5.74, 6) is 0. The molecule has 0 aromatic heterocycles. The molecule has 1 aromatic carbocycles. The Morgan fingerprint density at radius 2 is 2.05 bits per heavy atom. The summed E-state index contributed by atoms with van der Waals surface area (Å²) in [6.45, 7) is 5.59. The van der Waals surface area contributed by atoms with E-state index in [2.05, 4.69) is 11.6 Å². The Labute approximate surface area is 121 Å². The Bertz CT molecular complexity index is 515. The molecule has 6 heteroatoms. The lowest BCUT2D eigenvalue weighted by atomic mass is 10.1. The van der Waals surface area contributed by atoms with Gasteiger partial charge in [-0.3, -0.25) is 0 Å². The standard InChI is InChI=1S/C14H24N2O3S/c1-3-4-8-19-9-7-16-20(17,18)14-6-5-13(11-15)10-12(14)2/h5-6,10,16H,3-4,7-9,11,15H2,1-2H3. The van der Waals surface area contributed by atoms with E-state index in [1.807, 2.05) is 0 Å². The van der Waals surface area contributed by atoms with Gasteiger partial charge in [-0.25, -0.2) is 13.1 Å². The lowest BCUT2D eigenvalue weighted by Gasteiger charge is -2.10. The number of nitrogens with two attached hydrogens (primary N) is 1. The van der Waals surface area contributed by atoms with E-state index in [0.717, 1.165) is 18.4 Å². The molecule has 0 radical (unpaired) electrons. The number of ether oxygens (including phenoxy) is 1. The molecule has 20 heavy (non-hydrogen) atoms. The first-order valence-corrected chi connectivity index (χ1v) is 8.36. The van der Waals surface area contributed by atoms with Gasteiger partial charge in [0.2, 0.25) is 10.0 Å². The summed E-state index contributed by atoms with van der Waals surface area (Å²) in [5.41, 5.74) is 7.16. The molecule has 0 spiro atoms. The predicted molar refractivity (Wildman–Crippen MR) is 80.0 cm³/mol. The summed E-state index contributed by atoms with van der Waals surface area (Å²) < 4.78 is 32.2. The second-order valence-electron chi connectivity index (χ2n) is 4.67. The average molecular weight is 300 g/mol. The fourth-order valence-electron chi connectivity index (χ4n) is 1.81. The lowest BCUT2D eigenvalue weighted by Crippen LogP contribution is -2.28. The molecular weight excluding hydrogens is 276 g/mol. The van der Waals surface area contributed by atoms with E-state index in [1.165, 1.54) is 0 Å². The van der Waals surface area contributed by atoms with Crippen molar-refractivity contribution in [2.24, 2.45) is 5.73 Å². The van der Waals surface area contributed by atoms with Crippen molar-refractivity contribution in [3.8, 4) is 0 Å². The van der Waals surface area contributed by atoms with E-state index in [1.54, 1.807) is 25.1 Å². The summed E-state index contributed by atoms with van der Waals surface area (Å²) in [4.78, 5) is 0.295. The first-order valence-electron chi connectivity index (χ1n) is 6.88. The molecule has 0 aliphatic rings. The highest BCUT2D eigenvalue weighted by Gasteiger charge is 2.16. The third kappa shape index (κ3) is 5.20. The first-order chi connectivity index (χ1) is 9.51. The van der Waals surface area contributed by atoms with E-state index in [9.17, 15) is 8.42 Å². The monoisotopic (exact) mass is 300 g/mol. The maximum absolute atomic E-state index is 12.1. The van der Waals surface area contributed by atoms with Crippen LogP contribution in [0.4, 0.5) is 0 Å². The maximum atomic E-state index is 12.1. The number of aryl methyl sites for hydroxylation is 1. The first kappa shape index (κ1) is 17.1. The smallest absolute Gasteiger partial charge is 0.240 e. The summed E-state index contributed by atoms with van der Waals surface area (Å²) >= 11 is 0. The summed E-state index contributed by atoms with van der Waals surface area (Å²) in [6, 6.07) is 5.13. The van der Waals surface area contributed by atoms with Crippen LogP contribution in [0.5, 0.6) is 0 Å². The van der Waals surface area contributed by atoms with Crippen LogP contribution in [-0.2, 0) is 21.3 Å². The van der Waals surface area contributed by atoms with Crippen molar-refractivity contribution < 1.29 is 13.2 Å². The Morgan fingerprint density at radius 3 is 2.65 bits per heavy atom. The fraction of sp³-hybridized carbons (Fsp3) is 0.571. The van der Waals surface area contributed by atoms with Gasteiger partial charge in [0.25, 0.3) is 0 Å². The van der Waals surface area contributed by atoms with E-state index < -0.39 is 10.0 Å². The van der Waals surface area contributed by atoms with E-state index in [4.69, 9.17) is 10.5 Å². The molecule has 0 heterocycles. The number of nitrogens with one attached hydrogen (secondary N) is 1. The van der Waals surface area contributed by atoms with Gasteiger partial charge in [0.15, 0.2) is 0 Å². The largest absolute Gasteiger partial charge is 0.380 e. The topological polar surface area (TPSA) is 81.4 Å². The fourth-order valence-corrected chi connectivity index (χ4v) is 3.05. The van der Waals surface area contributed by atoms with Crippen LogP contribution in [-0.4, -0.2) is 28.2 Å². The maximum Gasteiger partial charge on any atom is 0.240 e. The summed E-state index contributed by atoms with van der Waals surface area (Å²) in [7, 11) is -3.48. The van der Waals surface area contributed by atoms with Gasteiger partial charge in [0.05, 0.1) is 11.5 Å². The molecule has 5 nitrogen and oxygen atoms in total. The van der Waals surface area contributed by atoms with Gasteiger partial charge < -0.3 is 10.5 Å². The van der Waals surface area contributed by atoms with Crippen molar-refractivity contribution in [3.63, 3.8) is 0 Å². The minimum Gasteiger partial charge on any atom is -0.380 e. The van der Waals surface area contributed by atoms with Crippen LogP contribution in [0.25, 0.3) is 0 Å². The highest BCUT2D eigenvalue weighted by molar-refractivity contribution is 7.89. The third-order valence-corrected chi connectivity index (χ3v) is 4.57. The zero-order chi connectivity index (χ0) is 15.0. The van der Waals surface area contributed by atoms with Crippen molar-refractivity contribution in [1.29, 1.82) is 0 Å². The Kier molecular flexibility index (Phi) is 7.15. The Balaban J connectivity index is 2.56. The second-order valence-corrected chi connectivity index (χ2v) is 6.40. The van der Waals surface area contributed by atoms with Crippen molar-refractivity contribution in [1.82, 2.24) is 4.72 Å². The van der Waals surface area contributed by atoms with E-state index >= 15 is 0 Å². The molecule has 0 saturated carbocycles. The number of hydrogen-bond donors (Lipinski definition) is 2. The molecule has 0 unspecified atom stereocenters. The van der Waals surface area contributed by atoms with Crippen molar-refractivity contribution in [2.45, 2.75) is 38.1 Å². The van der Waals surface area contributed by atoms with Crippen molar-refractivity contribution in [2.75, 3.05) is 19.8 Å². The number of benzene rings is 1. The normalized spacial score (nSPS) is 11.8. The van der Waals surface area contributed by atoms with Gasteiger partial charge >= 0.3 is 0 Å². The SMILES string of the molecule is CCCCOCCNS(=O)(=O)c1ccc(CN)cc1C. The van der Waals surface area contributed by atoms with Crippen molar-refractivity contribution >= 4 is 10.0 Å². The Morgan fingerprint density at radius 1 is 1.30 bits per heavy atom. The van der Waals surface area contributed by atoms with Gasteiger partial charge in [-0.2, -0.15) is 0 Å². The van der Waals surface area contributed by atoms with Crippen LogP contribution >= 0.6 is 0 Å². The van der Waals surface area contributed by atoms with E-state index in [-0.39, 0.29) is 6.54 Å². The number of hydrogen-bond acceptors (Lipinski definition) is 4. The number of unbranched alkanes of at least 4 members (excludes halogenated alkanes) is 1. The summed E-state index contributed by atoms with van der Waals surface area (Å²) in [6.07, 6.45) is 2.06. The van der Waals surface area contributed by atoms with Gasteiger partial charge in [-0.1, -0.05) is 25.5 Å². The van der Waals surface area contributed by atoms with Crippen LogP contribution < -0.4 is 10.5 Å². The van der Waals surface area contributed by atoms with Crippen LogP contribution in [0.15, 0.2) is 23.1 Å². The van der Waals surface area contributed by atoms with Crippen molar-refractivity contribution in [3.05, 3.63) is 29.3 Å². The Hall–Kier alpha value is -0.950. The van der Waals surface area contributed by atoms with Gasteiger partial charge in [-0.05, 0) is 30.5 Å². The minimum atomic E-state index is -3.48. The molecule has 0 atom stereocenters. The third-order valence-electron chi connectivity index (χ3n) is 2.95. The van der Waals surface area contributed by atoms with Crippen LogP contribution in [0.3, 0.4) is 0 Å². The lowest BCUT2D eigenvalue weighted by molar-refractivity contribution is 0.136. The number of rotatable bonds is 9. The molecule has 0 bridgehead atoms. The highest BCUT2D eigenvalue weighted by atomic mass is 32.2. The molecule has 0 saturated heterocycles. The zero-order valence-electron chi connectivity index (χ0n) is 12.2. The molecule has 0 aliphatic carbocycles. The zero-order valence-corrected chi connectivity index (χ0v) is 13.0. The molecule has 0 fully saturated rings. The molecule has 114 valence electrons. The van der Waals surface area contributed by atoms with Gasteiger partial charge in [-0.15, -0.1) is 0 Å². The van der Waals surface area contributed by atoms with Gasteiger partial charge in [0, 0.05) is 19.7 Å². The molecule has 0 aliphatic heterocycles. The molecule has 3 N–H and O–H groups in total. The summed E-state index contributed by atoms with van der Waals surface area (Å²) in [5, 5.41) is 0. The van der Waals surface area contributed by atoms with Crippen LogP contribution in [0.2, 0.25) is 0 Å². The number of sulfonamides is 1. The van der Waals surface area contributed by atoms with E-state index in [0.29, 0.717) is 30.2 Å². The predicted octanol–water partition coefficient (Wildman–Crippen LogP) is 1.55. The highest BCUT2D eigenvalue weighted by Crippen LogP contribution is 2.16. The quantitative estimate of drug-likeness (QED) is 0.678. The minimum absolute atomic E-state index is 0.282. The molecule has 1 aromatic rings. The molecule has 0 amide bonds. The molecular formula is C14H24N2O3S. The van der Waals surface area contributed by atoms with Crippen LogP contribution in [0, 0.1) is 6.92 Å². The second kappa shape index (κ2) is 8.36. The molecule has 1 rings (SSSR count). The average Bonchev–Trinajstić information content (AvgIpc) is 2.42.